The van der Waals surface area contributed by atoms with Gasteiger partial charge in [-0.05, 0) is 35.9 Å². The number of halogens is 2. The lowest BCUT2D eigenvalue weighted by atomic mass is 10.1. The molecule has 2 aromatic rings. The average Bonchev–Trinajstić information content (AvgIpc) is 3.19. The molecule has 1 N–H and O–H groups in total. The third-order valence-electron chi connectivity index (χ3n) is 4.79. The van der Waals surface area contributed by atoms with E-state index in [9.17, 15) is 22.0 Å². The lowest BCUT2D eigenvalue weighted by Crippen LogP contribution is -2.29. The van der Waals surface area contributed by atoms with E-state index >= 15 is 0 Å². The maximum atomic E-state index is 13.4. The molecule has 152 valence electrons. The van der Waals surface area contributed by atoms with Gasteiger partial charge in [0.15, 0.2) is 12.8 Å². The quantitative estimate of drug-likeness (QED) is 0.747. The summed E-state index contributed by atoms with van der Waals surface area (Å²) in [5.74, 6) is -2.14. The molecule has 2 aliphatic rings. The number of allylic oxidation sites excluding steroid dienone is 4. The fourth-order valence-corrected chi connectivity index (χ4v) is 4.50. The first kappa shape index (κ1) is 19.9. The van der Waals surface area contributed by atoms with E-state index < -0.39 is 26.4 Å². The van der Waals surface area contributed by atoms with E-state index in [0.717, 1.165) is 17.8 Å². The zero-order valence-corrected chi connectivity index (χ0v) is 16.5. The van der Waals surface area contributed by atoms with Crippen LogP contribution in [0.2, 0.25) is 0 Å². The average molecular weight is 427 g/mol. The number of benzene rings is 2. The molecule has 1 amide bonds. The molecule has 0 aliphatic carbocycles. The van der Waals surface area contributed by atoms with Crippen LogP contribution in [0.5, 0.6) is 0 Å². The highest BCUT2D eigenvalue weighted by molar-refractivity contribution is 7.91. The highest BCUT2D eigenvalue weighted by atomic mass is 32.2. The minimum Gasteiger partial charge on any atom is -0.348 e. The Morgan fingerprint density at radius 2 is 1.70 bits per heavy atom. The van der Waals surface area contributed by atoms with Gasteiger partial charge >= 0.3 is 0 Å². The molecule has 0 spiro atoms. The molecule has 8 heteroatoms. The van der Waals surface area contributed by atoms with Crippen LogP contribution in [-0.4, -0.2) is 31.7 Å². The SMILES string of the molecule is O=C(NCc1ccc(S(=O)(=O)c2cc(F)cc(F)c2)cc1)C1=CC=C2C=CC=[N+]2C1. The monoisotopic (exact) mass is 427 g/mol. The van der Waals surface area contributed by atoms with Gasteiger partial charge in [-0.2, -0.15) is 4.58 Å². The number of hydrogen-bond donors (Lipinski definition) is 1. The van der Waals surface area contributed by atoms with Crippen molar-refractivity contribution in [2.75, 3.05) is 6.54 Å². The van der Waals surface area contributed by atoms with Crippen LogP contribution >= 0.6 is 0 Å². The normalized spacial score (nSPS) is 15.2. The number of amides is 1. The summed E-state index contributed by atoms with van der Waals surface area (Å²) in [4.78, 5) is 11.9. The van der Waals surface area contributed by atoms with Gasteiger partial charge in [0.1, 0.15) is 11.6 Å². The summed E-state index contributed by atoms with van der Waals surface area (Å²) < 4.78 is 53.9. The largest absolute Gasteiger partial charge is 0.348 e. The van der Waals surface area contributed by atoms with E-state index in [2.05, 4.69) is 5.32 Å². The van der Waals surface area contributed by atoms with Crippen LogP contribution < -0.4 is 5.32 Å². The number of nitrogens with one attached hydrogen (secondary N) is 1. The Kier molecular flexibility index (Phi) is 5.17. The maximum absolute atomic E-state index is 13.4. The number of sulfone groups is 1. The third-order valence-corrected chi connectivity index (χ3v) is 6.53. The second-order valence-corrected chi connectivity index (χ2v) is 8.80. The molecule has 0 saturated heterocycles. The molecule has 4 rings (SSSR count). The molecule has 0 atom stereocenters. The van der Waals surface area contributed by atoms with Gasteiger partial charge in [-0.3, -0.25) is 4.79 Å². The standard InChI is InChI=1S/C22H16F2N2O3S/c23-17-10-18(24)12-21(11-17)30(28,29)20-7-3-15(4-8-20)13-25-22(27)16-5-6-19-2-1-9-26(19)14-16/h1-12H,13-14H2/p+1. The molecule has 0 fully saturated rings. The van der Waals surface area contributed by atoms with Crippen molar-refractivity contribution in [1.82, 2.24) is 5.32 Å². The third kappa shape index (κ3) is 3.99. The predicted octanol–water partition coefficient (Wildman–Crippen LogP) is 2.89. The smallest absolute Gasteiger partial charge is 0.253 e. The van der Waals surface area contributed by atoms with Gasteiger partial charge < -0.3 is 5.32 Å². The molecule has 0 radical (unpaired) electrons. The van der Waals surface area contributed by atoms with Crippen molar-refractivity contribution in [1.29, 1.82) is 0 Å². The van der Waals surface area contributed by atoms with Crippen LogP contribution in [0.4, 0.5) is 8.78 Å². The summed E-state index contributed by atoms with van der Waals surface area (Å²) in [6.45, 7) is 0.690. The van der Waals surface area contributed by atoms with Crippen LogP contribution in [-0.2, 0) is 21.2 Å². The summed E-state index contributed by atoms with van der Waals surface area (Å²) in [5, 5.41) is 2.81. The van der Waals surface area contributed by atoms with Crippen molar-refractivity contribution in [2.24, 2.45) is 0 Å². The lowest BCUT2D eigenvalue weighted by Gasteiger charge is -2.11. The fourth-order valence-electron chi connectivity index (χ4n) is 3.19. The summed E-state index contributed by atoms with van der Waals surface area (Å²) in [6, 6.07) is 7.96. The van der Waals surface area contributed by atoms with Crippen LogP contribution in [0.3, 0.4) is 0 Å². The minimum absolute atomic E-state index is 0.0905. The molecule has 5 nitrogen and oxygen atoms in total. The van der Waals surface area contributed by atoms with Crippen molar-refractivity contribution in [2.45, 2.75) is 16.3 Å². The van der Waals surface area contributed by atoms with E-state index in [0.29, 0.717) is 23.7 Å². The van der Waals surface area contributed by atoms with Crippen LogP contribution in [0.15, 0.2) is 87.8 Å². The highest BCUT2D eigenvalue weighted by Gasteiger charge is 2.24. The first-order valence-electron chi connectivity index (χ1n) is 9.10. The molecule has 30 heavy (non-hydrogen) atoms. The number of rotatable bonds is 5. The Balaban J connectivity index is 1.43. The van der Waals surface area contributed by atoms with Crippen molar-refractivity contribution < 1.29 is 26.6 Å². The van der Waals surface area contributed by atoms with E-state index in [4.69, 9.17) is 0 Å². The number of nitrogens with zero attached hydrogens (tertiary/aromatic N) is 1. The van der Waals surface area contributed by atoms with Gasteiger partial charge in [-0.15, -0.1) is 0 Å². The van der Waals surface area contributed by atoms with Gasteiger partial charge in [-0.1, -0.05) is 12.1 Å². The van der Waals surface area contributed by atoms with Crippen LogP contribution in [0, 0.1) is 11.6 Å². The molecule has 0 unspecified atom stereocenters. The topological polar surface area (TPSA) is 66.2 Å². The second kappa shape index (κ2) is 7.79. The number of carbonyl (C=O) groups excluding carboxylic acids is 1. The van der Waals surface area contributed by atoms with E-state index in [-0.39, 0.29) is 17.3 Å². The van der Waals surface area contributed by atoms with Gasteiger partial charge in [0.2, 0.25) is 15.5 Å². The molecular weight excluding hydrogens is 410 g/mol. The van der Waals surface area contributed by atoms with E-state index in [1.807, 2.05) is 29.0 Å². The number of carbonyl (C=O) groups is 1. The van der Waals surface area contributed by atoms with Gasteiger partial charge in [-0.25, -0.2) is 17.2 Å². The molecule has 0 bridgehead atoms. The van der Waals surface area contributed by atoms with Crippen molar-refractivity contribution in [3.05, 3.63) is 95.2 Å². The van der Waals surface area contributed by atoms with Crippen LogP contribution in [0.1, 0.15) is 5.56 Å². The minimum atomic E-state index is -4.06. The molecule has 0 saturated carbocycles. The van der Waals surface area contributed by atoms with Gasteiger partial charge in [0.05, 0.1) is 15.4 Å². The Hall–Kier alpha value is -3.39. The maximum Gasteiger partial charge on any atom is 0.253 e. The summed E-state index contributed by atoms with van der Waals surface area (Å²) in [6.07, 6.45) is 9.41. The molecule has 0 aromatic heterocycles. The Labute approximate surface area is 172 Å². The zero-order chi connectivity index (χ0) is 21.3. The summed E-state index contributed by atoms with van der Waals surface area (Å²) in [5.41, 5.74) is 2.34. The molecule has 2 aromatic carbocycles. The number of fused-ring (bicyclic) bond motifs is 1. The highest BCUT2D eigenvalue weighted by Crippen LogP contribution is 2.23. The Bertz CT molecular complexity index is 1240. The van der Waals surface area contributed by atoms with Crippen molar-refractivity contribution in [3.8, 4) is 0 Å². The van der Waals surface area contributed by atoms with Gasteiger partial charge in [0.25, 0.3) is 5.91 Å². The first-order valence-corrected chi connectivity index (χ1v) is 10.6. The predicted molar refractivity (Wildman–Crippen MR) is 107 cm³/mol. The van der Waals surface area contributed by atoms with E-state index in [1.54, 1.807) is 18.2 Å². The second-order valence-electron chi connectivity index (χ2n) is 6.85. The van der Waals surface area contributed by atoms with Crippen molar-refractivity contribution in [3.63, 3.8) is 0 Å². The van der Waals surface area contributed by atoms with Gasteiger partial charge in [0, 0.05) is 30.8 Å². The zero-order valence-electron chi connectivity index (χ0n) is 15.7. The van der Waals surface area contributed by atoms with Crippen molar-refractivity contribution >= 4 is 22.0 Å². The molecular formula is C22H17F2N2O3S+. The summed E-state index contributed by atoms with van der Waals surface area (Å²) in [7, 11) is -4.06. The fraction of sp³-hybridized carbons (Fsp3) is 0.0909. The van der Waals surface area contributed by atoms with E-state index in [1.165, 1.54) is 12.1 Å². The molecule has 2 heterocycles. The van der Waals surface area contributed by atoms with Crippen LogP contribution in [0.25, 0.3) is 0 Å². The molecule has 2 aliphatic heterocycles. The summed E-state index contributed by atoms with van der Waals surface area (Å²) >= 11 is 0. The lowest BCUT2D eigenvalue weighted by molar-refractivity contribution is -0.455. The number of hydrogen-bond acceptors (Lipinski definition) is 3. The Morgan fingerprint density at radius 3 is 2.40 bits per heavy atom. The Morgan fingerprint density at radius 1 is 1.00 bits per heavy atom. The first-order chi connectivity index (χ1) is 14.3.